The topological polar surface area (TPSA) is 8.81 Å². The third kappa shape index (κ3) is 5.17. The molecule has 2 nitrogen and oxygen atoms in total. The molecule has 1 aliphatic heterocycles. The summed E-state index contributed by atoms with van der Waals surface area (Å²) in [6.45, 7) is 27.7. The summed E-state index contributed by atoms with van der Waals surface area (Å²) in [4.78, 5) is 0. The van der Waals surface area contributed by atoms with Crippen molar-refractivity contribution in [1.82, 2.24) is 4.57 Å². The minimum atomic E-state index is -0.270. The Hall–Kier alpha value is -4.43. The normalized spacial score (nSPS) is 16.7. The Balaban J connectivity index is 1.69. The number of hydrogen-bond acceptors (Lipinski definition) is 0. The molecule has 0 saturated heterocycles. The van der Waals surface area contributed by atoms with Gasteiger partial charge in [0, 0.05) is 5.41 Å². The van der Waals surface area contributed by atoms with Gasteiger partial charge in [-0.3, -0.25) is 0 Å². The molecular weight excluding hydrogens is 602 g/mol. The zero-order valence-electron chi connectivity index (χ0n) is 32.6. The standard InChI is InChI=1S/C46H52B2N2/c1-27-18-31(5)41(32(6)19-27)47(42-33(7)20-28(2)21-34(42)8)40-26-50-45(49(40)13)38-16-14-15-17-39(38)46(12)25-30(4)24-37(11)44(46)48(50)43-35(9)22-29(3)23-36(43)10/h14-26H,1-13H3/t46-/m1/s1. The molecule has 2 aliphatic rings. The fraction of sp³-hybridized carbons (Fsp3) is 0.304. The van der Waals surface area contributed by atoms with E-state index in [1.807, 2.05) is 0 Å². The highest BCUT2D eigenvalue weighted by atomic mass is 15.1. The lowest BCUT2D eigenvalue weighted by Gasteiger charge is -2.41. The van der Waals surface area contributed by atoms with Crippen molar-refractivity contribution in [3.63, 3.8) is 0 Å². The van der Waals surface area contributed by atoms with Crippen LogP contribution in [0.1, 0.15) is 76.4 Å². The molecule has 4 aromatic carbocycles. The fourth-order valence-electron chi connectivity index (χ4n) is 10.4. The average Bonchev–Trinajstić information content (AvgIpc) is 3.29. The van der Waals surface area contributed by atoms with E-state index in [0.29, 0.717) is 0 Å². The molecule has 2 heterocycles. The molecule has 0 amide bonds. The number of fused-ring (bicyclic) bond motifs is 5. The van der Waals surface area contributed by atoms with Crippen molar-refractivity contribution >= 4 is 40.6 Å². The number of rotatable bonds is 4. The van der Waals surface area contributed by atoms with Crippen LogP contribution in [0.25, 0.3) is 11.4 Å². The van der Waals surface area contributed by atoms with E-state index in [0.717, 1.165) is 0 Å². The first kappa shape index (κ1) is 34.0. The fourth-order valence-corrected chi connectivity index (χ4v) is 10.4. The number of nitrogens with zero attached hydrogens (tertiary/aromatic N) is 2. The molecule has 1 atom stereocenters. The third-order valence-electron chi connectivity index (χ3n) is 11.8. The van der Waals surface area contributed by atoms with Crippen molar-refractivity contribution in [2.24, 2.45) is 7.05 Å². The number of benzene rings is 4. The van der Waals surface area contributed by atoms with Crippen molar-refractivity contribution < 1.29 is 4.48 Å². The molecule has 1 aliphatic carbocycles. The summed E-state index contributed by atoms with van der Waals surface area (Å²) in [5.74, 6) is 1.26. The van der Waals surface area contributed by atoms with Gasteiger partial charge in [-0.25, -0.2) is 4.57 Å². The molecule has 1 aromatic heterocycles. The number of aromatic nitrogens is 2. The average molecular weight is 655 g/mol. The summed E-state index contributed by atoms with van der Waals surface area (Å²) in [5.41, 5.74) is 24.2. The molecule has 0 spiro atoms. The van der Waals surface area contributed by atoms with E-state index in [4.69, 9.17) is 0 Å². The van der Waals surface area contributed by atoms with Gasteiger partial charge in [0.05, 0.1) is 18.8 Å². The van der Waals surface area contributed by atoms with Gasteiger partial charge >= 0.3 is 0 Å². The summed E-state index contributed by atoms with van der Waals surface area (Å²) in [7, 11) is 2.32. The van der Waals surface area contributed by atoms with Gasteiger partial charge in [-0.15, -0.1) is 0 Å². The van der Waals surface area contributed by atoms with E-state index < -0.39 is 0 Å². The maximum absolute atomic E-state index is 2.66. The molecule has 0 fully saturated rings. The van der Waals surface area contributed by atoms with Crippen LogP contribution >= 0.6 is 0 Å². The van der Waals surface area contributed by atoms with E-state index in [9.17, 15) is 0 Å². The second-order valence-electron chi connectivity index (χ2n) is 16.0. The summed E-state index contributed by atoms with van der Waals surface area (Å²) in [6, 6.07) is 23.5. The molecule has 5 aromatic rings. The SMILES string of the molecule is CC1=C[C@@]2(C)C(=[B-](c3c(C)cc(C)cc3C)[n+]3cc(B(c4c(C)cc(C)cc4C)c4c(C)cc(C)cc4C)n(C)c3-c3ccccc32)C(C)=C1. The van der Waals surface area contributed by atoms with Gasteiger partial charge in [0.2, 0.25) is 5.82 Å². The Bertz CT molecular complexity index is 2240. The lowest BCUT2D eigenvalue weighted by atomic mass is 9.35. The predicted molar refractivity (Wildman–Crippen MR) is 218 cm³/mol. The molecule has 50 heavy (non-hydrogen) atoms. The Morgan fingerprint density at radius 2 is 1.14 bits per heavy atom. The van der Waals surface area contributed by atoms with Gasteiger partial charge in [-0.1, -0.05) is 146 Å². The molecule has 252 valence electrons. The Labute approximate surface area is 301 Å². The van der Waals surface area contributed by atoms with E-state index in [1.165, 1.54) is 106 Å². The first-order valence-corrected chi connectivity index (χ1v) is 18.3. The van der Waals surface area contributed by atoms with Crippen LogP contribution in [0.2, 0.25) is 0 Å². The molecule has 4 heteroatoms. The number of aryl methyl sites for hydroxylation is 9. The molecule has 7 rings (SSSR count). The summed E-state index contributed by atoms with van der Waals surface area (Å²) >= 11 is 0. The van der Waals surface area contributed by atoms with Crippen LogP contribution in [-0.4, -0.2) is 23.2 Å². The van der Waals surface area contributed by atoms with Gasteiger partial charge in [-0.2, -0.15) is 10.9 Å². The van der Waals surface area contributed by atoms with Gasteiger partial charge in [-0.05, 0) is 87.8 Å². The second-order valence-corrected chi connectivity index (χ2v) is 16.0. The molecule has 0 bridgehead atoms. The van der Waals surface area contributed by atoms with Crippen LogP contribution in [0.3, 0.4) is 0 Å². The van der Waals surface area contributed by atoms with Gasteiger partial charge in [0.25, 0.3) is 6.71 Å². The molecule has 0 radical (unpaired) electrons. The van der Waals surface area contributed by atoms with Crippen LogP contribution in [0.15, 0.2) is 90.2 Å². The minimum absolute atomic E-state index is 0.0182. The third-order valence-corrected chi connectivity index (χ3v) is 11.8. The molecule has 0 N–H and O–H groups in total. The van der Waals surface area contributed by atoms with Crippen molar-refractivity contribution in [3.8, 4) is 11.4 Å². The predicted octanol–water partition coefficient (Wildman–Crippen LogP) is 6.95. The minimum Gasteiger partial charge on any atom is -0.436 e. The van der Waals surface area contributed by atoms with E-state index >= 15 is 0 Å². The smallest absolute Gasteiger partial charge is 0.298 e. The molecule has 0 unspecified atom stereocenters. The quantitative estimate of drug-likeness (QED) is 0.186. The number of imidazole rings is 1. The van der Waals surface area contributed by atoms with Crippen LogP contribution in [0, 0.1) is 62.3 Å². The Kier molecular flexibility index (Phi) is 8.25. The van der Waals surface area contributed by atoms with Gasteiger partial charge in [0.1, 0.15) is 12.1 Å². The first-order valence-electron chi connectivity index (χ1n) is 18.3. The largest absolute Gasteiger partial charge is 0.436 e. The van der Waals surface area contributed by atoms with E-state index in [-0.39, 0.29) is 18.6 Å². The van der Waals surface area contributed by atoms with E-state index in [2.05, 4.69) is 178 Å². The van der Waals surface area contributed by atoms with Crippen molar-refractivity contribution in [2.45, 2.75) is 88.5 Å². The number of hydrogen-bond donors (Lipinski definition) is 0. The van der Waals surface area contributed by atoms with Crippen molar-refractivity contribution in [1.29, 1.82) is 0 Å². The first-order chi connectivity index (χ1) is 23.6. The lowest BCUT2D eigenvalue weighted by Crippen LogP contribution is -2.61. The summed E-state index contributed by atoms with van der Waals surface area (Å²) in [6.07, 6.45) is 7.46. The van der Waals surface area contributed by atoms with Crippen LogP contribution in [0.5, 0.6) is 0 Å². The van der Waals surface area contributed by atoms with Crippen molar-refractivity contribution in [3.05, 3.63) is 146 Å². The highest BCUT2D eigenvalue weighted by molar-refractivity contribution is 6.96. The Morgan fingerprint density at radius 1 is 0.660 bits per heavy atom. The second kappa shape index (κ2) is 12.1. The summed E-state index contributed by atoms with van der Waals surface area (Å²) < 4.78 is 5.21. The zero-order valence-corrected chi connectivity index (χ0v) is 32.6. The number of allylic oxidation sites excluding steroid dienone is 4. The van der Waals surface area contributed by atoms with Crippen molar-refractivity contribution in [2.75, 3.05) is 0 Å². The van der Waals surface area contributed by atoms with E-state index in [1.54, 1.807) is 0 Å². The molecule has 0 saturated carbocycles. The maximum Gasteiger partial charge on any atom is 0.298 e. The Morgan fingerprint density at radius 3 is 1.66 bits per heavy atom. The summed E-state index contributed by atoms with van der Waals surface area (Å²) in [5, 5.41) is 0. The zero-order chi connectivity index (χ0) is 36.0. The van der Waals surface area contributed by atoms with Gasteiger partial charge in [0.15, 0.2) is 0 Å². The van der Waals surface area contributed by atoms with Crippen LogP contribution < -0.4 is 26.5 Å². The van der Waals surface area contributed by atoms with Crippen LogP contribution in [-0.2, 0) is 12.5 Å². The van der Waals surface area contributed by atoms with Gasteiger partial charge < -0.3 is 4.48 Å². The monoisotopic (exact) mass is 654 g/mol. The molecular formula is C46H52B2N2. The highest BCUT2D eigenvalue weighted by Gasteiger charge is 2.41. The highest BCUT2D eigenvalue weighted by Crippen LogP contribution is 2.41. The lowest BCUT2D eigenvalue weighted by molar-refractivity contribution is -0.515. The maximum atomic E-state index is 2.66. The van der Waals surface area contributed by atoms with Crippen LogP contribution in [0.4, 0.5) is 0 Å².